The van der Waals surface area contributed by atoms with Crippen LogP contribution in [0.3, 0.4) is 0 Å². The highest BCUT2D eigenvalue weighted by Gasteiger charge is 2.29. The summed E-state index contributed by atoms with van der Waals surface area (Å²) in [5.74, 6) is 7.05. The molecule has 5 N–H and O–H groups in total. The molecule has 28 heavy (non-hydrogen) atoms. The standard InChI is InChI=1S/C20H22ClN7/c21-16-10-25-20-17(16)19(28(24)12-26-20)18(23)15-5-7-27(8-6-15)11-14-3-1-13(9-22)2-4-14/h1-4,10,12,15,25H,5-8,11,23-24H2/b19-18-. The summed E-state index contributed by atoms with van der Waals surface area (Å²) in [4.78, 5) is 9.72. The molecule has 0 bridgehead atoms. The molecule has 1 saturated heterocycles. The molecule has 2 aliphatic rings. The van der Waals surface area contributed by atoms with Gasteiger partial charge in [-0.25, -0.2) is 10.8 Å². The molecule has 1 aromatic carbocycles. The molecule has 144 valence electrons. The Labute approximate surface area is 168 Å². The minimum atomic E-state index is 0.239. The smallest absolute Gasteiger partial charge is 0.142 e. The SMILES string of the molecule is N#Cc1ccc(CN2CCC(/C(N)=C3\c4c(Cl)c[nH]c4N=CN3N)CC2)cc1. The van der Waals surface area contributed by atoms with Gasteiger partial charge in [-0.3, -0.25) is 9.91 Å². The fourth-order valence-corrected chi connectivity index (χ4v) is 4.09. The molecule has 0 amide bonds. The van der Waals surface area contributed by atoms with Gasteiger partial charge in [0.25, 0.3) is 0 Å². The molecule has 0 saturated carbocycles. The summed E-state index contributed by atoms with van der Waals surface area (Å²) in [5.41, 5.74) is 10.7. The van der Waals surface area contributed by atoms with E-state index in [2.05, 4.69) is 20.9 Å². The van der Waals surface area contributed by atoms with Crippen molar-refractivity contribution in [3.8, 4) is 6.07 Å². The Morgan fingerprint density at radius 2 is 2.00 bits per heavy atom. The quantitative estimate of drug-likeness (QED) is 0.692. The Kier molecular flexibility index (Phi) is 5.09. The lowest BCUT2D eigenvalue weighted by molar-refractivity contribution is 0.190. The number of benzene rings is 1. The van der Waals surface area contributed by atoms with Crippen molar-refractivity contribution >= 4 is 29.5 Å². The zero-order valence-corrected chi connectivity index (χ0v) is 16.2. The number of nitrogens with zero attached hydrogens (tertiary/aromatic N) is 4. The van der Waals surface area contributed by atoms with Gasteiger partial charge in [-0.2, -0.15) is 5.26 Å². The van der Waals surface area contributed by atoms with Gasteiger partial charge in [-0.05, 0) is 43.6 Å². The summed E-state index contributed by atoms with van der Waals surface area (Å²) in [6, 6.07) is 9.92. The molecule has 0 atom stereocenters. The summed E-state index contributed by atoms with van der Waals surface area (Å²) < 4.78 is 0. The zero-order valence-electron chi connectivity index (χ0n) is 15.4. The first-order valence-corrected chi connectivity index (χ1v) is 9.61. The van der Waals surface area contributed by atoms with E-state index in [0.717, 1.165) is 49.4 Å². The number of nitriles is 1. The summed E-state index contributed by atoms with van der Waals surface area (Å²) in [5, 5.41) is 10.9. The first-order valence-electron chi connectivity index (χ1n) is 9.23. The number of hydrogen-bond acceptors (Lipinski definition) is 6. The lowest BCUT2D eigenvalue weighted by atomic mass is 9.91. The molecule has 1 fully saturated rings. The van der Waals surface area contributed by atoms with Crippen molar-refractivity contribution < 1.29 is 0 Å². The minimum Gasteiger partial charge on any atom is -0.400 e. The normalized spacial score (nSPS) is 19.4. The summed E-state index contributed by atoms with van der Waals surface area (Å²) >= 11 is 6.33. The number of hydrazine groups is 1. The van der Waals surface area contributed by atoms with Gasteiger partial charge in [0.05, 0.1) is 27.9 Å². The van der Waals surface area contributed by atoms with E-state index in [0.29, 0.717) is 16.4 Å². The highest BCUT2D eigenvalue weighted by molar-refractivity contribution is 6.33. The monoisotopic (exact) mass is 395 g/mol. The van der Waals surface area contributed by atoms with E-state index in [-0.39, 0.29) is 5.92 Å². The van der Waals surface area contributed by atoms with Crippen molar-refractivity contribution in [1.82, 2.24) is 14.9 Å². The van der Waals surface area contributed by atoms with Crippen molar-refractivity contribution in [2.45, 2.75) is 19.4 Å². The number of aromatic amines is 1. The summed E-state index contributed by atoms with van der Waals surface area (Å²) in [6.45, 7) is 2.77. The van der Waals surface area contributed by atoms with Crippen LogP contribution in [0.15, 0.2) is 41.2 Å². The molecular formula is C20H22ClN7. The lowest BCUT2D eigenvalue weighted by Crippen LogP contribution is -2.38. The molecule has 0 unspecified atom stereocenters. The van der Waals surface area contributed by atoms with E-state index in [4.69, 9.17) is 28.4 Å². The number of aliphatic imine (C=N–C) groups is 1. The average molecular weight is 396 g/mol. The highest BCUT2D eigenvalue weighted by atomic mass is 35.5. The summed E-state index contributed by atoms with van der Waals surface area (Å²) in [6.07, 6.45) is 5.16. The van der Waals surface area contributed by atoms with Crippen LogP contribution in [0.2, 0.25) is 5.02 Å². The Morgan fingerprint density at radius 3 is 2.68 bits per heavy atom. The van der Waals surface area contributed by atoms with Crippen LogP contribution in [0, 0.1) is 17.2 Å². The Bertz CT molecular complexity index is 959. The molecule has 2 aromatic rings. The van der Waals surface area contributed by atoms with Gasteiger partial charge in [0.15, 0.2) is 0 Å². The maximum atomic E-state index is 8.91. The molecule has 7 nitrogen and oxygen atoms in total. The van der Waals surface area contributed by atoms with Crippen LogP contribution in [0.4, 0.5) is 5.82 Å². The van der Waals surface area contributed by atoms with Gasteiger partial charge in [0.2, 0.25) is 0 Å². The molecule has 0 aliphatic carbocycles. The molecule has 3 heterocycles. The number of hydrogen-bond donors (Lipinski definition) is 3. The third kappa shape index (κ3) is 3.50. The van der Waals surface area contributed by atoms with E-state index >= 15 is 0 Å². The fourth-order valence-electron chi connectivity index (χ4n) is 3.85. The van der Waals surface area contributed by atoms with Crippen molar-refractivity contribution in [3.05, 3.63) is 57.9 Å². The van der Waals surface area contributed by atoms with Gasteiger partial charge >= 0.3 is 0 Å². The number of halogens is 1. The van der Waals surface area contributed by atoms with E-state index in [1.807, 2.05) is 24.3 Å². The second-order valence-corrected chi connectivity index (χ2v) is 7.58. The Hall–Kier alpha value is -2.79. The van der Waals surface area contributed by atoms with Crippen LogP contribution in [0.1, 0.15) is 29.5 Å². The van der Waals surface area contributed by atoms with Crippen LogP contribution < -0.4 is 11.6 Å². The van der Waals surface area contributed by atoms with E-state index in [1.54, 1.807) is 12.5 Å². The topological polar surface area (TPSA) is 110 Å². The molecular weight excluding hydrogens is 374 g/mol. The fraction of sp³-hybridized carbons (Fsp3) is 0.300. The molecule has 4 rings (SSSR count). The van der Waals surface area contributed by atoms with Crippen LogP contribution >= 0.6 is 11.6 Å². The van der Waals surface area contributed by atoms with Crippen molar-refractivity contribution in [2.75, 3.05) is 13.1 Å². The summed E-state index contributed by atoms with van der Waals surface area (Å²) in [7, 11) is 0. The molecule has 8 heteroatoms. The van der Waals surface area contributed by atoms with Crippen LogP contribution in [-0.4, -0.2) is 34.3 Å². The van der Waals surface area contributed by atoms with Gasteiger partial charge in [0.1, 0.15) is 12.2 Å². The Balaban J connectivity index is 1.46. The number of H-pyrrole nitrogens is 1. The highest BCUT2D eigenvalue weighted by Crippen LogP contribution is 2.39. The first kappa shape index (κ1) is 18.6. The number of aromatic nitrogens is 1. The van der Waals surface area contributed by atoms with Gasteiger partial charge in [-0.15, -0.1) is 0 Å². The zero-order chi connectivity index (χ0) is 19.7. The third-order valence-electron chi connectivity index (χ3n) is 5.41. The van der Waals surface area contributed by atoms with Gasteiger partial charge in [0, 0.05) is 24.4 Å². The van der Waals surface area contributed by atoms with E-state index in [9.17, 15) is 0 Å². The largest absolute Gasteiger partial charge is 0.400 e. The van der Waals surface area contributed by atoms with Gasteiger partial charge in [-0.1, -0.05) is 23.7 Å². The number of nitrogens with two attached hydrogens (primary N) is 2. The predicted octanol–water partition coefficient (Wildman–Crippen LogP) is 2.93. The van der Waals surface area contributed by atoms with Crippen LogP contribution in [0.5, 0.6) is 0 Å². The van der Waals surface area contributed by atoms with Crippen molar-refractivity contribution in [3.63, 3.8) is 0 Å². The molecule has 0 spiro atoms. The Morgan fingerprint density at radius 1 is 1.29 bits per heavy atom. The number of allylic oxidation sites excluding steroid dienone is 1. The van der Waals surface area contributed by atoms with Gasteiger partial charge < -0.3 is 10.7 Å². The number of rotatable bonds is 3. The average Bonchev–Trinajstić information content (AvgIpc) is 3.09. The maximum Gasteiger partial charge on any atom is 0.142 e. The first-order chi connectivity index (χ1) is 13.6. The van der Waals surface area contributed by atoms with E-state index < -0.39 is 0 Å². The maximum absolute atomic E-state index is 8.91. The van der Waals surface area contributed by atoms with Crippen LogP contribution in [-0.2, 0) is 6.54 Å². The number of likely N-dealkylation sites (tertiary alicyclic amines) is 1. The van der Waals surface area contributed by atoms with Crippen LogP contribution in [0.25, 0.3) is 5.70 Å². The number of nitrogens with one attached hydrogen (secondary N) is 1. The number of fused-ring (bicyclic) bond motifs is 1. The van der Waals surface area contributed by atoms with Crippen molar-refractivity contribution in [1.29, 1.82) is 5.26 Å². The third-order valence-corrected chi connectivity index (χ3v) is 5.71. The second kappa shape index (κ2) is 7.68. The molecule has 0 radical (unpaired) electrons. The predicted molar refractivity (Wildman–Crippen MR) is 110 cm³/mol. The minimum absolute atomic E-state index is 0.239. The molecule has 1 aromatic heterocycles. The lowest BCUT2D eigenvalue weighted by Gasteiger charge is -2.34. The second-order valence-electron chi connectivity index (χ2n) is 7.18. The van der Waals surface area contributed by atoms with Crippen molar-refractivity contribution in [2.24, 2.45) is 22.5 Å². The molecule has 2 aliphatic heterocycles. The van der Waals surface area contributed by atoms with E-state index in [1.165, 1.54) is 10.6 Å². The number of piperidine rings is 1.